The van der Waals surface area contributed by atoms with E-state index in [4.69, 9.17) is 0 Å². The summed E-state index contributed by atoms with van der Waals surface area (Å²) in [5, 5.41) is 5.15. The van der Waals surface area contributed by atoms with E-state index < -0.39 is 0 Å². The van der Waals surface area contributed by atoms with E-state index in [0.717, 1.165) is 33.3 Å². The predicted molar refractivity (Wildman–Crippen MR) is 109 cm³/mol. The molecule has 4 rings (SSSR count). The molecule has 0 spiro atoms. The minimum Gasteiger partial charge on any atom is -0.325 e. The average Bonchev–Trinajstić information content (AvgIpc) is 3.06. The minimum atomic E-state index is -0.351. The number of para-hydroxylation sites is 1. The number of hydrogen-bond donors (Lipinski definition) is 1. The molecule has 1 aliphatic heterocycles. The van der Waals surface area contributed by atoms with E-state index in [1.165, 1.54) is 0 Å². The molecule has 3 aromatic carbocycles. The fourth-order valence-electron chi connectivity index (χ4n) is 3.80. The van der Waals surface area contributed by atoms with Gasteiger partial charge in [0.2, 0.25) is 11.8 Å². The highest BCUT2D eigenvalue weighted by molar-refractivity contribution is 6.08. The Labute approximate surface area is 158 Å². The highest BCUT2D eigenvalue weighted by Gasteiger charge is 2.35. The summed E-state index contributed by atoms with van der Waals surface area (Å²) in [6, 6.07) is 19.9. The number of nitrogens with zero attached hydrogens (tertiary/aromatic N) is 1. The third-order valence-corrected chi connectivity index (χ3v) is 5.28. The fraction of sp³-hybridized carbons (Fsp3) is 0.217. The van der Waals surface area contributed by atoms with Gasteiger partial charge in [0, 0.05) is 24.0 Å². The number of nitrogens with one attached hydrogen (secondary N) is 1. The van der Waals surface area contributed by atoms with Crippen LogP contribution in [0, 0.1) is 19.8 Å². The SMILES string of the molecule is Cc1cccc(C)c1NC(=O)C1CC(=O)N(c2cccc3ccccc23)C1. The summed E-state index contributed by atoms with van der Waals surface area (Å²) in [7, 11) is 0. The number of rotatable bonds is 3. The maximum absolute atomic E-state index is 12.8. The molecule has 1 fully saturated rings. The van der Waals surface area contributed by atoms with Crippen LogP contribution in [0.4, 0.5) is 11.4 Å². The van der Waals surface area contributed by atoms with Crippen LogP contribution in [0.15, 0.2) is 60.7 Å². The highest BCUT2D eigenvalue weighted by Crippen LogP contribution is 2.32. The molecule has 4 heteroatoms. The number of fused-ring (bicyclic) bond motifs is 1. The molecule has 1 atom stereocenters. The second-order valence-electron chi connectivity index (χ2n) is 7.16. The molecule has 0 aliphatic carbocycles. The number of amides is 2. The Bertz CT molecular complexity index is 1020. The number of carbonyl (C=O) groups excluding carboxylic acids is 2. The Morgan fingerprint density at radius 2 is 1.63 bits per heavy atom. The monoisotopic (exact) mass is 358 g/mol. The van der Waals surface area contributed by atoms with E-state index in [0.29, 0.717) is 6.54 Å². The van der Waals surface area contributed by atoms with Gasteiger partial charge in [-0.25, -0.2) is 0 Å². The third-order valence-electron chi connectivity index (χ3n) is 5.28. The Balaban J connectivity index is 1.58. The summed E-state index contributed by atoms with van der Waals surface area (Å²) >= 11 is 0. The van der Waals surface area contributed by atoms with Gasteiger partial charge in [0.05, 0.1) is 11.6 Å². The van der Waals surface area contributed by atoms with Gasteiger partial charge in [-0.1, -0.05) is 54.6 Å². The fourth-order valence-corrected chi connectivity index (χ4v) is 3.80. The van der Waals surface area contributed by atoms with E-state index in [-0.39, 0.29) is 24.2 Å². The van der Waals surface area contributed by atoms with Crippen molar-refractivity contribution in [3.63, 3.8) is 0 Å². The Morgan fingerprint density at radius 3 is 2.41 bits per heavy atom. The van der Waals surface area contributed by atoms with Crippen molar-refractivity contribution < 1.29 is 9.59 Å². The predicted octanol–water partition coefficient (Wildman–Crippen LogP) is 4.45. The standard InChI is InChI=1S/C23H22N2O2/c1-15-7-5-8-16(2)22(15)24-23(27)18-13-21(26)25(14-18)20-12-6-10-17-9-3-4-11-19(17)20/h3-12,18H,13-14H2,1-2H3,(H,24,27). The summed E-state index contributed by atoms with van der Waals surface area (Å²) < 4.78 is 0. The molecule has 0 bridgehead atoms. The molecule has 0 radical (unpaired) electrons. The summed E-state index contributed by atoms with van der Waals surface area (Å²) in [6.45, 7) is 4.36. The lowest BCUT2D eigenvalue weighted by Crippen LogP contribution is -2.28. The van der Waals surface area contributed by atoms with E-state index in [9.17, 15) is 9.59 Å². The van der Waals surface area contributed by atoms with Gasteiger partial charge in [-0.15, -0.1) is 0 Å². The van der Waals surface area contributed by atoms with Crippen LogP contribution in [0.3, 0.4) is 0 Å². The molecule has 1 heterocycles. The molecule has 1 aliphatic rings. The molecule has 1 saturated heterocycles. The van der Waals surface area contributed by atoms with Gasteiger partial charge >= 0.3 is 0 Å². The Morgan fingerprint density at radius 1 is 0.963 bits per heavy atom. The first-order valence-corrected chi connectivity index (χ1v) is 9.20. The third kappa shape index (κ3) is 3.19. The first-order chi connectivity index (χ1) is 13.0. The van der Waals surface area contributed by atoms with Gasteiger partial charge in [-0.2, -0.15) is 0 Å². The van der Waals surface area contributed by atoms with Crippen molar-refractivity contribution in [3.05, 3.63) is 71.8 Å². The number of aryl methyl sites for hydroxylation is 2. The highest BCUT2D eigenvalue weighted by atomic mass is 16.2. The van der Waals surface area contributed by atoms with Crippen LogP contribution < -0.4 is 10.2 Å². The van der Waals surface area contributed by atoms with Crippen LogP contribution in [-0.4, -0.2) is 18.4 Å². The van der Waals surface area contributed by atoms with E-state index in [2.05, 4.69) is 5.32 Å². The Hall–Kier alpha value is -3.14. The van der Waals surface area contributed by atoms with Crippen LogP contribution >= 0.6 is 0 Å². The van der Waals surface area contributed by atoms with E-state index >= 15 is 0 Å². The normalized spacial score (nSPS) is 16.7. The molecule has 1 N–H and O–H groups in total. The van der Waals surface area contributed by atoms with Crippen LogP contribution in [0.5, 0.6) is 0 Å². The smallest absolute Gasteiger partial charge is 0.229 e. The van der Waals surface area contributed by atoms with Gasteiger partial charge in [0.15, 0.2) is 0 Å². The van der Waals surface area contributed by atoms with E-state index in [1.807, 2.05) is 74.5 Å². The van der Waals surface area contributed by atoms with Gasteiger partial charge in [0.1, 0.15) is 0 Å². The van der Waals surface area contributed by atoms with Crippen LogP contribution in [0.25, 0.3) is 10.8 Å². The molecule has 3 aromatic rings. The maximum atomic E-state index is 12.8. The van der Waals surface area contributed by atoms with Gasteiger partial charge in [0.25, 0.3) is 0 Å². The molecule has 27 heavy (non-hydrogen) atoms. The summed E-state index contributed by atoms with van der Waals surface area (Å²) in [4.78, 5) is 27.2. The zero-order valence-electron chi connectivity index (χ0n) is 15.5. The van der Waals surface area contributed by atoms with Gasteiger partial charge < -0.3 is 10.2 Å². The minimum absolute atomic E-state index is 0.00647. The zero-order valence-corrected chi connectivity index (χ0v) is 15.5. The quantitative estimate of drug-likeness (QED) is 0.752. The van der Waals surface area contributed by atoms with Crippen molar-refractivity contribution in [3.8, 4) is 0 Å². The zero-order chi connectivity index (χ0) is 19.0. The van der Waals surface area contributed by atoms with Gasteiger partial charge in [-0.3, -0.25) is 9.59 Å². The first-order valence-electron chi connectivity index (χ1n) is 9.20. The molecule has 1 unspecified atom stereocenters. The summed E-state index contributed by atoms with van der Waals surface area (Å²) in [6.07, 6.45) is 0.236. The number of benzene rings is 3. The van der Waals surface area contributed by atoms with Crippen molar-refractivity contribution in [2.45, 2.75) is 20.3 Å². The molecular weight excluding hydrogens is 336 g/mol. The second-order valence-corrected chi connectivity index (χ2v) is 7.16. The molecule has 4 nitrogen and oxygen atoms in total. The lowest BCUT2D eigenvalue weighted by atomic mass is 10.1. The molecule has 136 valence electrons. The lowest BCUT2D eigenvalue weighted by Gasteiger charge is -2.19. The topological polar surface area (TPSA) is 49.4 Å². The van der Waals surface area contributed by atoms with E-state index in [1.54, 1.807) is 4.90 Å². The maximum Gasteiger partial charge on any atom is 0.229 e. The number of carbonyl (C=O) groups is 2. The lowest BCUT2D eigenvalue weighted by molar-refractivity contribution is -0.122. The molecule has 2 amide bonds. The average molecular weight is 358 g/mol. The molecular formula is C23H22N2O2. The summed E-state index contributed by atoms with van der Waals surface area (Å²) in [5.74, 6) is -0.452. The number of anilines is 2. The Kier molecular flexibility index (Phi) is 4.40. The first kappa shape index (κ1) is 17.3. The van der Waals surface area contributed by atoms with Crippen LogP contribution in [-0.2, 0) is 9.59 Å². The number of hydrogen-bond acceptors (Lipinski definition) is 2. The largest absolute Gasteiger partial charge is 0.325 e. The van der Waals surface area contributed by atoms with Crippen molar-refractivity contribution in [1.82, 2.24) is 0 Å². The van der Waals surface area contributed by atoms with Crippen LogP contribution in [0.1, 0.15) is 17.5 Å². The molecule has 0 aromatic heterocycles. The summed E-state index contributed by atoms with van der Waals surface area (Å²) in [5.41, 5.74) is 3.77. The van der Waals surface area contributed by atoms with Crippen molar-refractivity contribution in [2.24, 2.45) is 5.92 Å². The molecule has 0 saturated carbocycles. The van der Waals surface area contributed by atoms with Gasteiger partial charge in [-0.05, 0) is 36.4 Å². The van der Waals surface area contributed by atoms with Crippen LogP contribution in [0.2, 0.25) is 0 Å². The van der Waals surface area contributed by atoms with Crippen molar-refractivity contribution >= 4 is 34.0 Å². The van der Waals surface area contributed by atoms with Crippen molar-refractivity contribution in [1.29, 1.82) is 0 Å². The van der Waals surface area contributed by atoms with Crippen molar-refractivity contribution in [2.75, 3.05) is 16.8 Å². The second kappa shape index (κ2) is 6.88.